The second-order valence-electron chi connectivity index (χ2n) is 4.95. The number of fused-ring (bicyclic) bond motifs is 1. The molecular weight excluding hydrogens is 290 g/mol. The highest BCUT2D eigenvalue weighted by molar-refractivity contribution is 7.99. The molecule has 2 N–H and O–H groups in total. The Hall–Kier alpha value is -1.34. The van der Waals surface area contributed by atoms with Gasteiger partial charge in [0.05, 0.1) is 5.75 Å². The van der Waals surface area contributed by atoms with Crippen molar-refractivity contribution in [3.63, 3.8) is 0 Å². The Morgan fingerprint density at radius 2 is 2.29 bits per heavy atom. The molecule has 7 heteroatoms. The zero-order chi connectivity index (χ0) is 15.2. The van der Waals surface area contributed by atoms with Crippen LogP contribution in [0.15, 0.2) is 9.82 Å². The van der Waals surface area contributed by atoms with Crippen LogP contribution in [-0.2, 0) is 24.2 Å². The third-order valence-electron chi connectivity index (χ3n) is 3.45. The van der Waals surface area contributed by atoms with Crippen molar-refractivity contribution in [3.8, 4) is 0 Å². The molecule has 6 nitrogen and oxygen atoms in total. The van der Waals surface area contributed by atoms with Crippen molar-refractivity contribution in [2.24, 2.45) is 0 Å². The molecule has 0 spiro atoms. The SMILES string of the molecule is CCNC(=O)CSc1nc(=O)n(CCCO)c2c1CCC2. The van der Waals surface area contributed by atoms with Gasteiger partial charge in [-0.15, -0.1) is 0 Å². The molecule has 1 aromatic heterocycles. The van der Waals surface area contributed by atoms with Gasteiger partial charge in [-0.1, -0.05) is 11.8 Å². The Morgan fingerprint density at radius 3 is 3.00 bits per heavy atom. The number of hydrogen-bond acceptors (Lipinski definition) is 5. The Labute approximate surface area is 128 Å². The van der Waals surface area contributed by atoms with Gasteiger partial charge in [0.2, 0.25) is 5.91 Å². The number of nitrogens with one attached hydrogen (secondary N) is 1. The Balaban J connectivity index is 2.20. The van der Waals surface area contributed by atoms with E-state index in [2.05, 4.69) is 10.3 Å². The lowest BCUT2D eigenvalue weighted by Gasteiger charge is -2.13. The average molecular weight is 311 g/mol. The standard InChI is InChI=1S/C14H21N3O3S/c1-2-15-12(19)9-21-13-10-5-3-6-11(10)17(7-4-8-18)14(20)16-13/h18H,2-9H2,1H3,(H,15,19). The van der Waals surface area contributed by atoms with E-state index in [1.807, 2.05) is 6.92 Å². The molecule has 0 aromatic carbocycles. The van der Waals surface area contributed by atoms with E-state index in [0.29, 0.717) is 24.5 Å². The van der Waals surface area contributed by atoms with E-state index in [1.165, 1.54) is 11.8 Å². The monoisotopic (exact) mass is 311 g/mol. The summed E-state index contributed by atoms with van der Waals surface area (Å²) >= 11 is 1.33. The molecule has 1 heterocycles. The molecule has 0 aliphatic heterocycles. The Kier molecular flexibility index (Phi) is 5.81. The number of carbonyl (C=O) groups excluding carboxylic acids is 1. The quantitative estimate of drug-likeness (QED) is 0.560. The topological polar surface area (TPSA) is 84.2 Å². The molecule has 1 aromatic rings. The van der Waals surface area contributed by atoms with Gasteiger partial charge in [-0.3, -0.25) is 9.36 Å². The third kappa shape index (κ3) is 3.85. The van der Waals surface area contributed by atoms with Crippen molar-refractivity contribution in [1.29, 1.82) is 0 Å². The molecule has 0 radical (unpaired) electrons. The van der Waals surface area contributed by atoms with Crippen molar-refractivity contribution >= 4 is 17.7 Å². The zero-order valence-corrected chi connectivity index (χ0v) is 13.0. The van der Waals surface area contributed by atoms with Gasteiger partial charge in [-0.05, 0) is 32.6 Å². The molecule has 0 saturated carbocycles. The summed E-state index contributed by atoms with van der Waals surface area (Å²) in [4.78, 5) is 27.8. The van der Waals surface area contributed by atoms with Gasteiger partial charge < -0.3 is 10.4 Å². The molecule has 0 saturated heterocycles. The van der Waals surface area contributed by atoms with E-state index in [1.54, 1.807) is 4.57 Å². The molecule has 0 bridgehead atoms. The maximum Gasteiger partial charge on any atom is 0.348 e. The smallest absolute Gasteiger partial charge is 0.348 e. The number of carbonyl (C=O) groups is 1. The number of thioether (sulfide) groups is 1. The first-order valence-electron chi connectivity index (χ1n) is 7.30. The van der Waals surface area contributed by atoms with Crippen LogP contribution in [0.4, 0.5) is 0 Å². The number of amides is 1. The van der Waals surface area contributed by atoms with E-state index < -0.39 is 0 Å². The molecule has 116 valence electrons. The molecule has 0 fully saturated rings. The molecule has 21 heavy (non-hydrogen) atoms. The van der Waals surface area contributed by atoms with Gasteiger partial charge >= 0.3 is 5.69 Å². The second kappa shape index (κ2) is 7.61. The highest BCUT2D eigenvalue weighted by atomic mass is 32.2. The van der Waals surface area contributed by atoms with E-state index in [-0.39, 0.29) is 24.0 Å². The van der Waals surface area contributed by atoms with Gasteiger partial charge in [0.1, 0.15) is 5.03 Å². The molecule has 1 aliphatic rings. The van der Waals surface area contributed by atoms with E-state index in [9.17, 15) is 9.59 Å². The summed E-state index contributed by atoms with van der Waals surface area (Å²) in [6.45, 7) is 3.05. The lowest BCUT2D eigenvalue weighted by Crippen LogP contribution is -2.28. The highest BCUT2D eigenvalue weighted by Gasteiger charge is 2.22. The van der Waals surface area contributed by atoms with Gasteiger partial charge in [-0.25, -0.2) is 4.79 Å². The van der Waals surface area contributed by atoms with Crippen LogP contribution in [0.2, 0.25) is 0 Å². The van der Waals surface area contributed by atoms with E-state index >= 15 is 0 Å². The molecule has 2 rings (SSSR count). The number of aromatic nitrogens is 2. The number of nitrogens with zero attached hydrogens (tertiary/aromatic N) is 2. The minimum Gasteiger partial charge on any atom is -0.396 e. The van der Waals surface area contributed by atoms with Crippen LogP contribution in [0.3, 0.4) is 0 Å². The van der Waals surface area contributed by atoms with Crippen molar-refractivity contribution in [2.45, 2.75) is 44.2 Å². The summed E-state index contributed by atoms with van der Waals surface area (Å²) in [7, 11) is 0. The minimum absolute atomic E-state index is 0.0412. The fourth-order valence-corrected chi connectivity index (χ4v) is 3.45. The average Bonchev–Trinajstić information content (AvgIpc) is 2.94. The highest BCUT2D eigenvalue weighted by Crippen LogP contribution is 2.29. The summed E-state index contributed by atoms with van der Waals surface area (Å²) in [5.41, 5.74) is 1.85. The number of rotatable bonds is 7. The summed E-state index contributed by atoms with van der Waals surface area (Å²) in [5.74, 6) is 0.244. The van der Waals surface area contributed by atoms with Crippen LogP contribution >= 0.6 is 11.8 Å². The van der Waals surface area contributed by atoms with Crippen molar-refractivity contribution < 1.29 is 9.90 Å². The minimum atomic E-state index is -0.275. The fraction of sp³-hybridized carbons (Fsp3) is 0.643. The fourth-order valence-electron chi connectivity index (χ4n) is 2.55. The summed E-state index contributed by atoms with van der Waals surface area (Å²) in [6, 6.07) is 0. The summed E-state index contributed by atoms with van der Waals surface area (Å²) in [5, 5.41) is 12.4. The largest absolute Gasteiger partial charge is 0.396 e. The second-order valence-corrected chi connectivity index (χ2v) is 5.91. The van der Waals surface area contributed by atoms with Gasteiger partial charge in [0, 0.05) is 31.0 Å². The molecule has 0 unspecified atom stereocenters. The van der Waals surface area contributed by atoms with Crippen LogP contribution in [0.1, 0.15) is 31.0 Å². The van der Waals surface area contributed by atoms with E-state index in [0.717, 1.165) is 30.5 Å². The first-order valence-corrected chi connectivity index (χ1v) is 8.28. The van der Waals surface area contributed by atoms with Crippen LogP contribution in [0.25, 0.3) is 0 Å². The summed E-state index contributed by atoms with van der Waals surface area (Å²) in [6.07, 6.45) is 3.33. The normalized spacial score (nSPS) is 13.2. The van der Waals surface area contributed by atoms with Crippen LogP contribution < -0.4 is 11.0 Å². The number of aliphatic hydroxyl groups excluding tert-OH is 1. The Morgan fingerprint density at radius 1 is 1.48 bits per heavy atom. The third-order valence-corrected chi connectivity index (χ3v) is 4.47. The van der Waals surface area contributed by atoms with Crippen molar-refractivity contribution in [2.75, 3.05) is 18.9 Å². The summed E-state index contributed by atoms with van der Waals surface area (Å²) < 4.78 is 1.68. The van der Waals surface area contributed by atoms with Gasteiger partial charge in [-0.2, -0.15) is 4.98 Å². The lowest BCUT2D eigenvalue weighted by molar-refractivity contribution is -0.118. The number of hydrogen-bond donors (Lipinski definition) is 2. The van der Waals surface area contributed by atoms with Crippen LogP contribution in [-0.4, -0.2) is 39.5 Å². The lowest BCUT2D eigenvalue weighted by atomic mass is 10.2. The van der Waals surface area contributed by atoms with Gasteiger partial charge in [0.15, 0.2) is 0 Å². The first kappa shape index (κ1) is 16.0. The van der Waals surface area contributed by atoms with Crippen LogP contribution in [0.5, 0.6) is 0 Å². The van der Waals surface area contributed by atoms with Crippen LogP contribution in [0, 0.1) is 0 Å². The van der Waals surface area contributed by atoms with Crippen molar-refractivity contribution in [1.82, 2.24) is 14.9 Å². The molecule has 1 aliphatic carbocycles. The molecular formula is C14H21N3O3S. The Bertz CT molecular complexity index is 571. The van der Waals surface area contributed by atoms with Crippen molar-refractivity contribution in [3.05, 3.63) is 21.7 Å². The maximum absolute atomic E-state index is 12.1. The predicted molar refractivity (Wildman–Crippen MR) is 81.6 cm³/mol. The first-order chi connectivity index (χ1) is 10.2. The maximum atomic E-state index is 12.1. The molecule has 1 amide bonds. The van der Waals surface area contributed by atoms with Gasteiger partial charge in [0.25, 0.3) is 0 Å². The number of aliphatic hydroxyl groups is 1. The van der Waals surface area contributed by atoms with E-state index in [4.69, 9.17) is 5.11 Å². The predicted octanol–water partition coefficient (Wildman–Crippen LogP) is 0.343. The molecule has 0 atom stereocenters. The zero-order valence-electron chi connectivity index (χ0n) is 12.2.